The van der Waals surface area contributed by atoms with E-state index >= 15 is 0 Å². The van der Waals surface area contributed by atoms with Crippen molar-refractivity contribution < 1.29 is 9.47 Å². The Morgan fingerprint density at radius 3 is 2.30 bits per heavy atom. The van der Waals surface area contributed by atoms with Crippen LogP contribution in [0.1, 0.15) is 19.8 Å². The standard InChI is InChI=1S/C23H32N4O2.HI/c1-18(29-22-11-9-21(28-3)10-12-22)17-25-23(24-2)26-19-13-15-27(16-14-19)20-7-5-4-6-8-20;/h4-12,18-19H,13-17H2,1-3H3,(H2,24,25,26);1H. The van der Waals surface area contributed by atoms with Gasteiger partial charge in [-0.2, -0.15) is 0 Å². The Balaban J connectivity index is 0.00000320. The van der Waals surface area contributed by atoms with Crippen LogP contribution in [0.15, 0.2) is 59.6 Å². The number of para-hydroxylation sites is 1. The lowest BCUT2D eigenvalue weighted by molar-refractivity contribution is 0.223. The molecule has 164 valence electrons. The number of hydrogen-bond acceptors (Lipinski definition) is 4. The van der Waals surface area contributed by atoms with Crippen molar-refractivity contribution >= 4 is 35.6 Å². The van der Waals surface area contributed by atoms with Crippen molar-refractivity contribution in [2.75, 3.05) is 38.7 Å². The molecule has 0 amide bonds. The third kappa shape index (κ3) is 7.27. The molecule has 0 bridgehead atoms. The molecule has 1 unspecified atom stereocenters. The van der Waals surface area contributed by atoms with Crippen molar-refractivity contribution in [3.05, 3.63) is 54.6 Å². The molecule has 0 radical (unpaired) electrons. The monoisotopic (exact) mass is 524 g/mol. The zero-order chi connectivity index (χ0) is 20.5. The highest BCUT2D eigenvalue weighted by molar-refractivity contribution is 14.0. The summed E-state index contributed by atoms with van der Waals surface area (Å²) in [6.07, 6.45) is 2.20. The second-order valence-corrected chi connectivity index (χ2v) is 7.30. The van der Waals surface area contributed by atoms with E-state index in [0.29, 0.717) is 12.6 Å². The minimum Gasteiger partial charge on any atom is -0.497 e. The minimum atomic E-state index is 0. The Bertz CT molecular complexity index is 763. The Morgan fingerprint density at radius 1 is 1.07 bits per heavy atom. The van der Waals surface area contributed by atoms with E-state index in [-0.39, 0.29) is 30.1 Å². The number of piperidine rings is 1. The van der Waals surface area contributed by atoms with Crippen LogP contribution in [0.4, 0.5) is 5.69 Å². The molecular formula is C23H33IN4O2. The van der Waals surface area contributed by atoms with E-state index in [4.69, 9.17) is 9.47 Å². The molecule has 0 aliphatic carbocycles. The topological polar surface area (TPSA) is 58.1 Å². The van der Waals surface area contributed by atoms with E-state index in [1.165, 1.54) is 5.69 Å². The molecule has 1 aliphatic heterocycles. The molecule has 2 aromatic rings. The van der Waals surface area contributed by atoms with Crippen molar-refractivity contribution in [2.24, 2.45) is 4.99 Å². The molecule has 2 N–H and O–H groups in total. The van der Waals surface area contributed by atoms with Crippen LogP contribution in [-0.2, 0) is 0 Å². The molecule has 0 spiro atoms. The van der Waals surface area contributed by atoms with Gasteiger partial charge in [-0.1, -0.05) is 18.2 Å². The maximum Gasteiger partial charge on any atom is 0.191 e. The second-order valence-electron chi connectivity index (χ2n) is 7.30. The Kier molecular flexibility index (Phi) is 10.1. The number of rotatable bonds is 7. The van der Waals surface area contributed by atoms with Crippen molar-refractivity contribution in [2.45, 2.75) is 31.9 Å². The highest BCUT2D eigenvalue weighted by Crippen LogP contribution is 2.20. The molecule has 6 nitrogen and oxygen atoms in total. The van der Waals surface area contributed by atoms with Gasteiger partial charge in [0.15, 0.2) is 5.96 Å². The maximum atomic E-state index is 5.95. The van der Waals surface area contributed by atoms with E-state index < -0.39 is 0 Å². The Morgan fingerprint density at radius 2 is 1.70 bits per heavy atom. The van der Waals surface area contributed by atoms with Gasteiger partial charge in [0.1, 0.15) is 17.6 Å². The lowest BCUT2D eigenvalue weighted by atomic mass is 10.0. The summed E-state index contributed by atoms with van der Waals surface area (Å²) in [5.74, 6) is 2.48. The summed E-state index contributed by atoms with van der Waals surface area (Å²) >= 11 is 0. The SMILES string of the molecule is CN=C(NCC(C)Oc1ccc(OC)cc1)NC1CCN(c2ccccc2)CC1.I. The molecule has 3 rings (SSSR count). The molecule has 1 saturated heterocycles. The number of aliphatic imine (C=N–C) groups is 1. The molecular weight excluding hydrogens is 491 g/mol. The fourth-order valence-electron chi connectivity index (χ4n) is 3.48. The maximum absolute atomic E-state index is 5.95. The molecule has 30 heavy (non-hydrogen) atoms. The molecule has 1 aliphatic rings. The van der Waals surface area contributed by atoms with Gasteiger partial charge < -0.3 is 25.0 Å². The number of guanidine groups is 1. The quantitative estimate of drug-likeness (QED) is 0.327. The second kappa shape index (κ2) is 12.5. The number of anilines is 1. The van der Waals surface area contributed by atoms with Crippen LogP contribution in [0.3, 0.4) is 0 Å². The zero-order valence-corrected chi connectivity index (χ0v) is 20.3. The van der Waals surface area contributed by atoms with Crippen molar-refractivity contribution in [1.29, 1.82) is 0 Å². The molecule has 0 aromatic heterocycles. The van der Waals surface area contributed by atoms with Gasteiger partial charge in [-0.15, -0.1) is 24.0 Å². The number of methoxy groups -OCH3 is 1. The van der Waals surface area contributed by atoms with Crippen LogP contribution in [0.2, 0.25) is 0 Å². The highest BCUT2D eigenvalue weighted by atomic mass is 127. The summed E-state index contributed by atoms with van der Waals surface area (Å²) in [6, 6.07) is 18.7. The van der Waals surface area contributed by atoms with E-state index in [9.17, 15) is 0 Å². The van der Waals surface area contributed by atoms with Crippen molar-refractivity contribution in [3.8, 4) is 11.5 Å². The van der Waals surface area contributed by atoms with E-state index in [2.05, 4.69) is 50.9 Å². The lowest BCUT2D eigenvalue weighted by Crippen LogP contribution is -2.50. The van der Waals surface area contributed by atoms with Crippen LogP contribution in [0.25, 0.3) is 0 Å². The van der Waals surface area contributed by atoms with Gasteiger partial charge in [0, 0.05) is 31.9 Å². The number of halogens is 1. The van der Waals surface area contributed by atoms with Gasteiger partial charge in [0.25, 0.3) is 0 Å². The Labute approximate surface area is 197 Å². The smallest absolute Gasteiger partial charge is 0.191 e. The van der Waals surface area contributed by atoms with Gasteiger partial charge in [-0.05, 0) is 56.2 Å². The average Bonchev–Trinajstić information content (AvgIpc) is 2.78. The molecule has 1 heterocycles. The number of benzene rings is 2. The Hall–Kier alpha value is -2.16. The highest BCUT2D eigenvalue weighted by Gasteiger charge is 2.20. The van der Waals surface area contributed by atoms with Crippen LogP contribution in [-0.4, -0.2) is 51.9 Å². The van der Waals surface area contributed by atoms with Gasteiger partial charge in [0.2, 0.25) is 0 Å². The van der Waals surface area contributed by atoms with Crippen molar-refractivity contribution in [3.63, 3.8) is 0 Å². The number of nitrogens with zero attached hydrogens (tertiary/aromatic N) is 2. The summed E-state index contributed by atoms with van der Waals surface area (Å²) in [4.78, 5) is 6.81. The normalized spacial score (nSPS) is 15.7. The summed E-state index contributed by atoms with van der Waals surface area (Å²) in [5, 5.41) is 6.93. The van der Waals surface area contributed by atoms with Crippen LogP contribution >= 0.6 is 24.0 Å². The average molecular weight is 524 g/mol. The summed E-state index contributed by atoms with van der Waals surface area (Å²) in [7, 11) is 3.47. The number of hydrogen-bond donors (Lipinski definition) is 2. The zero-order valence-electron chi connectivity index (χ0n) is 18.0. The predicted molar refractivity (Wildman–Crippen MR) is 135 cm³/mol. The van der Waals surface area contributed by atoms with Gasteiger partial charge >= 0.3 is 0 Å². The van der Waals surface area contributed by atoms with Gasteiger partial charge in [0.05, 0.1) is 13.7 Å². The lowest BCUT2D eigenvalue weighted by Gasteiger charge is -2.34. The first-order valence-corrected chi connectivity index (χ1v) is 10.3. The largest absolute Gasteiger partial charge is 0.497 e. The van der Waals surface area contributed by atoms with Crippen LogP contribution in [0, 0.1) is 0 Å². The summed E-state index contributed by atoms with van der Waals surface area (Å²) in [6.45, 7) is 4.82. The third-order valence-corrected chi connectivity index (χ3v) is 5.13. The van der Waals surface area contributed by atoms with E-state index in [1.807, 2.05) is 38.2 Å². The fraction of sp³-hybridized carbons (Fsp3) is 0.435. The van der Waals surface area contributed by atoms with Crippen LogP contribution < -0.4 is 25.0 Å². The number of nitrogens with one attached hydrogen (secondary N) is 2. The number of ether oxygens (including phenoxy) is 2. The predicted octanol–water partition coefficient (Wildman–Crippen LogP) is 3.91. The molecule has 0 saturated carbocycles. The van der Waals surface area contributed by atoms with E-state index in [1.54, 1.807) is 7.11 Å². The molecule has 7 heteroatoms. The van der Waals surface area contributed by atoms with Gasteiger partial charge in [-0.3, -0.25) is 4.99 Å². The first-order valence-electron chi connectivity index (χ1n) is 10.3. The minimum absolute atomic E-state index is 0. The summed E-state index contributed by atoms with van der Waals surface area (Å²) in [5.41, 5.74) is 1.30. The summed E-state index contributed by atoms with van der Waals surface area (Å²) < 4.78 is 11.1. The van der Waals surface area contributed by atoms with E-state index in [0.717, 1.165) is 43.4 Å². The van der Waals surface area contributed by atoms with Crippen molar-refractivity contribution in [1.82, 2.24) is 10.6 Å². The van der Waals surface area contributed by atoms with Gasteiger partial charge in [-0.25, -0.2) is 0 Å². The molecule has 1 atom stereocenters. The first-order chi connectivity index (χ1) is 14.2. The molecule has 2 aromatic carbocycles. The fourth-order valence-corrected chi connectivity index (χ4v) is 3.48. The first kappa shape index (κ1) is 24.1. The molecule has 1 fully saturated rings. The van der Waals surface area contributed by atoms with Crippen LogP contribution in [0.5, 0.6) is 11.5 Å². The third-order valence-electron chi connectivity index (χ3n) is 5.13.